The first-order chi connectivity index (χ1) is 8.92. The van der Waals surface area contributed by atoms with Gasteiger partial charge in [0.25, 0.3) is 0 Å². The highest BCUT2D eigenvalue weighted by Gasteiger charge is 2.05. The fraction of sp³-hybridized carbons (Fsp3) is 0.579. The summed E-state index contributed by atoms with van der Waals surface area (Å²) in [5, 5.41) is 0. The average molecular weight is 260 g/mol. The highest BCUT2D eigenvalue weighted by Crippen LogP contribution is 2.23. The first kappa shape index (κ1) is 18.0. The third kappa shape index (κ3) is 7.87. The van der Waals surface area contributed by atoms with E-state index in [1.165, 1.54) is 30.4 Å². The standard InChI is InChI=1S/C19H32/c1-8-15(3)11-10-12-17(5)19(7)18(6)14-13-16(4)9-2/h10-12,15-16H,6-9,13-14H2,1-5H3. The molecule has 0 radical (unpaired) electrons. The summed E-state index contributed by atoms with van der Waals surface area (Å²) in [7, 11) is 0. The third-order valence-corrected chi connectivity index (χ3v) is 3.97. The molecular weight excluding hydrogens is 228 g/mol. The van der Waals surface area contributed by atoms with Crippen LogP contribution in [0.1, 0.15) is 60.3 Å². The number of allylic oxidation sites excluding steroid dienone is 6. The number of hydrogen-bond donors (Lipinski definition) is 0. The molecule has 0 rings (SSSR count). The molecule has 0 nitrogen and oxygen atoms in total. The van der Waals surface area contributed by atoms with Gasteiger partial charge in [-0.2, -0.15) is 0 Å². The van der Waals surface area contributed by atoms with Crippen molar-refractivity contribution in [1.29, 1.82) is 0 Å². The molecule has 0 aromatic carbocycles. The second kappa shape index (κ2) is 9.83. The lowest BCUT2D eigenvalue weighted by Gasteiger charge is -2.12. The van der Waals surface area contributed by atoms with E-state index in [2.05, 4.69) is 66.0 Å². The molecule has 0 aromatic heterocycles. The third-order valence-electron chi connectivity index (χ3n) is 3.97. The summed E-state index contributed by atoms with van der Waals surface area (Å²) in [6.07, 6.45) is 11.3. The maximum Gasteiger partial charge on any atom is -0.0261 e. The van der Waals surface area contributed by atoms with Crippen molar-refractivity contribution in [1.82, 2.24) is 0 Å². The summed E-state index contributed by atoms with van der Waals surface area (Å²) in [5.41, 5.74) is 3.52. The predicted octanol–water partition coefficient (Wildman–Crippen LogP) is 6.47. The first-order valence-electron chi connectivity index (χ1n) is 7.64. The molecule has 0 spiro atoms. The lowest BCUT2D eigenvalue weighted by Crippen LogP contribution is -1.95. The Morgan fingerprint density at radius 3 is 2.26 bits per heavy atom. The number of rotatable bonds is 9. The second-order valence-corrected chi connectivity index (χ2v) is 5.75. The van der Waals surface area contributed by atoms with Crippen LogP contribution in [0.2, 0.25) is 0 Å². The van der Waals surface area contributed by atoms with Gasteiger partial charge in [0.15, 0.2) is 0 Å². The molecule has 19 heavy (non-hydrogen) atoms. The van der Waals surface area contributed by atoms with E-state index in [0.29, 0.717) is 5.92 Å². The van der Waals surface area contributed by atoms with Crippen molar-refractivity contribution in [2.45, 2.75) is 60.3 Å². The van der Waals surface area contributed by atoms with Gasteiger partial charge >= 0.3 is 0 Å². The Morgan fingerprint density at radius 1 is 1.11 bits per heavy atom. The molecule has 0 aromatic rings. The van der Waals surface area contributed by atoms with Crippen LogP contribution < -0.4 is 0 Å². The molecule has 0 heterocycles. The average Bonchev–Trinajstić information content (AvgIpc) is 2.42. The molecule has 0 fully saturated rings. The van der Waals surface area contributed by atoms with E-state index in [1.807, 2.05) is 0 Å². The van der Waals surface area contributed by atoms with Crippen LogP contribution >= 0.6 is 0 Å². The van der Waals surface area contributed by atoms with Crippen LogP contribution in [-0.4, -0.2) is 0 Å². The molecule has 2 unspecified atom stereocenters. The largest absolute Gasteiger partial charge is 0.0952 e. The van der Waals surface area contributed by atoms with Crippen LogP contribution in [-0.2, 0) is 0 Å². The quantitative estimate of drug-likeness (QED) is 0.416. The van der Waals surface area contributed by atoms with Gasteiger partial charge in [0.2, 0.25) is 0 Å². The Hall–Kier alpha value is -1.04. The molecule has 0 amide bonds. The van der Waals surface area contributed by atoms with Crippen molar-refractivity contribution in [3.63, 3.8) is 0 Å². The minimum atomic E-state index is 0.644. The van der Waals surface area contributed by atoms with Gasteiger partial charge in [-0.25, -0.2) is 0 Å². The molecular formula is C19H32. The van der Waals surface area contributed by atoms with Crippen LogP contribution in [0.25, 0.3) is 0 Å². The van der Waals surface area contributed by atoms with E-state index < -0.39 is 0 Å². The lowest BCUT2D eigenvalue weighted by atomic mass is 9.93. The fourth-order valence-electron chi connectivity index (χ4n) is 1.68. The van der Waals surface area contributed by atoms with E-state index in [4.69, 9.17) is 0 Å². The van der Waals surface area contributed by atoms with Crippen molar-refractivity contribution in [3.8, 4) is 0 Å². The molecule has 0 aliphatic rings. The maximum absolute atomic E-state index is 4.18. The minimum Gasteiger partial charge on any atom is -0.0952 e. The van der Waals surface area contributed by atoms with Crippen LogP contribution in [0.3, 0.4) is 0 Å². The van der Waals surface area contributed by atoms with E-state index >= 15 is 0 Å². The van der Waals surface area contributed by atoms with Crippen LogP contribution in [0.15, 0.2) is 48.1 Å². The van der Waals surface area contributed by atoms with Gasteiger partial charge in [-0.05, 0) is 48.3 Å². The summed E-state index contributed by atoms with van der Waals surface area (Å²) in [4.78, 5) is 0. The summed E-state index contributed by atoms with van der Waals surface area (Å²) in [6.45, 7) is 19.5. The zero-order valence-electron chi connectivity index (χ0n) is 13.6. The Morgan fingerprint density at radius 2 is 1.74 bits per heavy atom. The Balaban J connectivity index is 4.35. The lowest BCUT2D eigenvalue weighted by molar-refractivity contribution is 0.517. The van der Waals surface area contributed by atoms with Gasteiger partial charge in [0.05, 0.1) is 0 Å². The SMILES string of the molecule is C=C(CCC(C)CC)C(=C)C(C)=CC=CC(C)CC. The van der Waals surface area contributed by atoms with Crippen molar-refractivity contribution >= 4 is 0 Å². The van der Waals surface area contributed by atoms with Crippen LogP contribution in [0.4, 0.5) is 0 Å². The van der Waals surface area contributed by atoms with Crippen molar-refractivity contribution in [2.24, 2.45) is 11.8 Å². The highest BCUT2D eigenvalue weighted by molar-refractivity contribution is 5.43. The zero-order chi connectivity index (χ0) is 14.8. The minimum absolute atomic E-state index is 0.644. The van der Waals surface area contributed by atoms with Crippen molar-refractivity contribution < 1.29 is 0 Å². The Labute approximate surface area is 121 Å². The Kier molecular flexibility index (Phi) is 9.30. The van der Waals surface area contributed by atoms with Crippen LogP contribution in [0, 0.1) is 11.8 Å². The molecule has 0 bridgehead atoms. The van der Waals surface area contributed by atoms with Gasteiger partial charge in [-0.15, -0.1) is 0 Å². The highest BCUT2D eigenvalue weighted by atomic mass is 14.1. The summed E-state index contributed by atoms with van der Waals surface area (Å²) in [5.74, 6) is 1.42. The predicted molar refractivity (Wildman–Crippen MR) is 89.3 cm³/mol. The number of hydrogen-bond acceptors (Lipinski definition) is 0. The molecule has 2 atom stereocenters. The molecule has 0 aliphatic carbocycles. The molecule has 0 saturated carbocycles. The van der Waals surface area contributed by atoms with E-state index in [9.17, 15) is 0 Å². The van der Waals surface area contributed by atoms with Crippen molar-refractivity contribution in [3.05, 3.63) is 48.1 Å². The molecule has 0 heteroatoms. The zero-order valence-corrected chi connectivity index (χ0v) is 13.6. The molecule has 108 valence electrons. The van der Waals surface area contributed by atoms with Gasteiger partial charge in [0.1, 0.15) is 0 Å². The fourth-order valence-corrected chi connectivity index (χ4v) is 1.68. The first-order valence-corrected chi connectivity index (χ1v) is 7.64. The maximum atomic E-state index is 4.18. The summed E-state index contributed by atoms with van der Waals surface area (Å²) >= 11 is 0. The summed E-state index contributed by atoms with van der Waals surface area (Å²) in [6, 6.07) is 0. The molecule has 0 aliphatic heterocycles. The summed E-state index contributed by atoms with van der Waals surface area (Å²) < 4.78 is 0. The molecule has 0 N–H and O–H groups in total. The topological polar surface area (TPSA) is 0 Å². The van der Waals surface area contributed by atoms with E-state index in [1.54, 1.807) is 0 Å². The van der Waals surface area contributed by atoms with Gasteiger partial charge in [0, 0.05) is 0 Å². The Bertz CT molecular complexity index is 341. The second-order valence-electron chi connectivity index (χ2n) is 5.75. The smallest absolute Gasteiger partial charge is 0.0261 e. The van der Waals surface area contributed by atoms with Gasteiger partial charge in [-0.1, -0.05) is 71.9 Å². The van der Waals surface area contributed by atoms with E-state index in [0.717, 1.165) is 17.9 Å². The monoisotopic (exact) mass is 260 g/mol. The van der Waals surface area contributed by atoms with Crippen LogP contribution in [0.5, 0.6) is 0 Å². The van der Waals surface area contributed by atoms with Gasteiger partial charge < -0.3 is 0 Å². The van der Waals surface area contributed by atoms with Crippen molar-refractivity contribution in [2.75, 3.05) is 0 Å². The molecule has 0 saturated heterocycles. The normalized spacial score (nSPS) is 15.5. The van der Waals surface area contributed by atoms with Gasteiger partial charge in [-0.3, -0.25) is 0 Å². The van der Waals surface area contributed by atoms with E-state index in [-0.39, 0.29) is 0 Å².